The monoisotopic (exact) mass is 291 g/mol. The van der Waals surface area contributed by atoms with E-state index in [0.29, 0.717) is 18.6 Å². The minimum atomic E-state index is 0.144. The lowest BCUT2D eigenvalue weighted by molar-refractivity contribution is -0.127. The van der Waals surface area contributed by atoms with Crippen LogP contribution in [0.25, 0.3) is 0 Å². The van der Waals surface area contributed by atoms with E-state index in [0.717, 1.165) is 24.5 Å². The highest BCUT2D eigenvalue weighted by Crippen LogP contribution is 2.36. The Kier molecular flexibility index (Phi) is 4.20. The van der Waals surface area contributed by atoms with Crippen LogP contribution in [0.2, 0.25) is 0 Å². The number of nitrogens with zero attached hydrogens (tertiary/aromatic N) is 1. The van der Waals surface area contributed by atoms with E-state index in [4.69, 9.17) is 4.74 Å². The first-order chi connectivity index (χ1) is 9.79. The van der Waals surface area contributed by atoms with Crippen LogP contribution in [0, 0.1) is 0 Å². The molecular formula is C16H21NO2S. The van der Waals surface area contributed by atoms with Gasteiger partial charge in [-0.05, 0) is 32.3 Å². The van der Waals surface area contributed by atoms with Gasteiger partial charge in [0.2, 0.25) is 5.91 Å². The first-order valence-corrected chi connectivity index (χ1v) is 8.47. The highest BCUT2D eigenvalue weighted by molar-refractivity contribution is 7.99. The van der Waals surface area contributed by atoms with Crippen LogP contribution in [-0.4, -0.2) is 35.3 Å². The van der Waals surface area contributed by atoms with Gasteiger partial charge in [-0.15, -0.1) is 11.8 Å². The maximum Gasteiger partial charge on any atom is 0.236 e. The van der Waals surface area contributed by atoms with E-state index in [1.807, 2.05) is 25.1 Å². The topological polar surface area (TPSA) is 29.5 Å². The summed E-state index contributed by atoms with van der Waals surface area (Å²) in [6, 6.07) is 8.69. The van der Waals surface area contributed by atoms with Crippen LogP contribution in [0.5, 0.6) is 5.75 Å². The number of amides is 1. The molecule has 0 N–H and O–H groups in total. The van der Waals surface area contributed by atoms with Gasteiger partial charge >= 0.3 is 0 Å². The van der Waals surface area contributed by atoms with E-state index in [9.17, 15) is 4.79 Å². The minimum Gasteiger partial charge on any atom is -0.494 e. The van der Waals surface area contributed by atoms with Gasteiger partial charge in [0.25, 0.3) is 0 Å². The summed E-state index contributed by atoms with van der Waals surface area (Å²) in [6.07, 6.45) is 3.41. The molecular weight excluding hydrogens is 270 g/mol. The maximum absolute atomic E-state index is 12.3. The Morgan fingerprint density at radius 1 is 1.30 bits per heavy atom. The Morgan fingerprint density at radius 3 is 2.85 bits per heavy atom. The molecule has 1 aromatic carbocycles. The smallest absolute Gasteiger partial charge is 0.236 e. The fourth-order valence-electron chi connectivity index (χ4n) is 2.69. The Morgan fingerprint density at radius 2 is 2.10 bits per heavy atom. The molecule has 108 valence electrons. The number of para-hydroxylation sites is 1. The van der Waals surface area contributed by atoms with Crippen molar-refractivity contribution in [2.45, 2.75) is 43.2 Å². The number of likely N-dealkylation sites (tertiary alicyclic amines) is 1. The molecule has 1 aliphatic carbocycles. The number of ether oxygens (including phenoxy) is 1. The molecule has 1 atom stereocenters. The van der Waals surface area contributed by atoms with Crippen molar-refractivity contribution in [1.82, 2.24) is 4.90 Å². The predicted molar refractivity (Wildman–Crippen MR) is 82.0 cm³/mol. The van der Waals surface area contributed by atoms with Gasteiger partial charge in [-0.3, -0.25) is 4.79 Å². The summed E-state index contributed by atoms with van der Waals surface area (Å²) in [6.45, 7) is 3.63. The van der Waals surface area contributed by atoms with E-state index in [1.54, 1.807) is 11.8 Å². The molecule has 1 saturated heterocycles. The molecule has 1 saturated carbocycles. The molecule has 0 unspecified atom stereocenters. The Balaban J connectivity index is 1.58. The van der Waals surface area contributed by atoms with Crippen LogP contribution in [0.15, 0.2) is 24.3 Å². The lowest BCUT2D eigenvalue weighted by Gasteiger charge is -2.15. The van der Waals surface area contributed by atoms with Gasteiger partial charge in [-0.1, -0.05) is 18.2 Å². The van der Waals surface area contributed by atoms with Gasteiger partial charge in [-0.2, -0.15) is 0 Å². The van der Waals surface area contributed by atoms with Gasteiger partial charge in [0.1, 0.15) is 5.75 Å². The molecule has 2 fully saturated rings. The molecule has 1 aromatic rings. The fourth-order valence-corrected chi connectivity index (χ4v) is 3.86. The third-order valence-corrected chi connectivity index (χ3v) is 5.21. The second kappa shape index (κ2) is 6.08. The van der Waals surface area contributed by atoms with Gasteiger partial charge in [0.15, 0.2) is 0 Å². The van der Waals surface area contributed by atoms with Crippen LogP contribution in [-0.2, 0) is 10.5 Å². The number of thioether (sulfide) groups is 1. The zero-order chi connectivity index (χ0) is 13.9. The summed E-state index contributed by atoms with van der Waals surface area (Å²) in [4.78, 5) is 14.4. The molecule has 3 rings (SSSR count). The van der Waals surface area contributed by atoms with Gasteiger partial charge in [0.05, 0.1) is 11.9 Å². The molecule has 2 aliphatic rings. The maximum atomic E-state index is 12.3. The standard InChI is InChI=1S/C16H21NO2S/c1-2-19-14-6-4-3-5-12(14)11-20-15-9-10-17(16(15)18)13-7-8-13/h3-6,13,15H,2,7-11H2,1H3/t15-/m1/s1. The average Bonchev–Trinajstić information content (AvgIpc) is 3.23. The van der Waals surface area contributed by atoms with Crippen molar-refractivity contribution >= 4 is 17.7 Å². The molecule has 0 spiro atoms. The Hall–Kier alpha value is -1.16. The summed E-state index contributed by atoms with van der Waals surface area (Å²) in [5.74, 6) is 2.16. The van der Waals surface area contributed by atoms with Crippen LogP contribution in [0.3, 0.4) is 0 Å². The molecule has 20 heavy (non-hydrogen) atoms. The molecule has 1 aliphatic heterocycles. The zero-order valence-electron chi connectivity index (χ0n) is 11.9. The summed E-state index contributed by atoms with van der Waals surface area (Å²) in [5.41, 5.74) is 1.19. The average molecular weight is 291 g/mol. The van der Waals surface area contributed by atoms with E-state index in [-0.39, 0.29) is 5.25 Å². The van der Waals surface area contributed by atoms with Crippen molar-refractivity contribution in [3.8, 4) is 5.75 Å². The van der Waals surface area contributed by atoms with Crippen LogP contribution in [0.4, 0.5) is 0 Å². The summed E-state index contributed by atoms with van der Waals surface area (Å²) >= 11 is 1.76. The molecule has 0 radical (unpaired) electrons. The summed E-state index contributed by atoms with van der Waals surface area (Å²) in [5, 5.41) is 0.144. The van der Waals surface area contributed by atoms with Crippen LogP contribution in [0.1, 0.15) is 31.7 Å². The van der Waals surface area contributed by atoms with E-state index in [2.05, 4.69) is 11.0 Å². The van der Waals surface area contributed by atoms with Crippen molar-refractivity contribution in [3.05, 3.63) is 29.8 Å². The van der Waals surface area contributed by atoms with Crippen molar-refractivity contribution < 1.29 is 9.53 Å². The fraction of sp³-hybridized carbons (Fsp3) is 0.562. The first-order valence-electron chi connectivity index (χ1n) is 7.42. The lowest BCUT2D eigenvalue weighted by atomic mass is 10.2. The molecule has 0 aromatic heterocycles. The number of hydrogen-bond acceptors (Lipinski definition) is 3. The molecule has 1 amide bonds. The van der Waals surface area contributed by atoms with E-state index in [1.165, 1.54) is 18.4 Å². The highest BCUT2D eigenvalue weighted by atomic mass is 32.2. The third-order valence-electron chi connectivity index (χ3n) is 3.89. The Bertz CT molecular complexity index is 487. The normalized spacial score (nSPS) is 22.4. The number of benzene rings is 1. The molecule has 1 heterocycles. The van der Waals surface area contributed by atoms with E-state index >= 15 is 0 Å². The Labute approximate surface area is 124 Å². The second-order valence-corrected chi connectivity index (χ2v) is 6.58. The molecule has 0 bridgehead atoms. The molecule has 3 nitrogen and oxygen atoms in total. The number of carbonyl (C=O) groups excluding carboxylic acids is 1. The number of carbonyl (C=O) groups is 1. The minimum absolute atomic E-state index is 0.144. The number of hydrogen-bond donors (Lipinski definition) is 0. The summed E-state index contributed by atoms with van der Waals surface area (Å²) in [7, 11) is 0. The quantitative estimate of drug-likeness (QED) is 0.806. The van der Waals surface area contributed by atoms with Gasteiger partial charge in [0, 0.05) is 23.9 Å². The largest absolute Gasteiger partial charge is 0.494 e. The highest BCUT2D eigenvalue weighted by Gasteiger charge is 2.40. The van der Waals surface area contributed by atoms with Crippen LogP contribution >= 0.6 is 11.8 Å². The second-order valence-electron chi connectivity index (χ2n) is 5.39. The lowest BCUT2D eigenvalue weighted by Crippen LogP contribution is -2.30. The number of rotatable bonds is 6. The zero-order valence-corrected chi connectivity index (χ0v) is 12.7. The van der Waals surface area contributed by atoms with Crippen LogP contribution < -0.4 is 4.74 Å². The first kappa shape index (κ1) is 13.8. The van der Waals surface area contributed by atoms with Crippen molar-refractivity contribution in [1.29, 1.82) is 0 Å². The predicted octanol–water partition coefficient (Wildman–Crippen LogP) is 3.08. The van der Waals surface area contributed by atoms with Crippen molar-refractivity contribution in [2.75, 3.05) is 13.2 Å². The van der Waals surface area contributed by atoms with Crippen molar-refractivity contribution in [2.24, 2.45) is 0 Å². The van der Waals surface area contributed by atoms with Gasteiger partial charge in [-0.25, -0.2) is 0 Å². The van der Waals surface area contributed by atoms with E-state index < -0.39 is 0 Å². The van der Waals surface area contributed by atoms with Gasteiger partial charge < -0.3 is 9.64 Å². The van der Waals surface area contributed by atoms with Crippen molar-refractivity contribution in [3.63, 3.8) is 0 Å². The molecule has 4 heteroatoms. The SMILES string of the molecule is CCOc1ccccc1CS[C@@H]1CCN(C2CC2)C1=O. The summed E-state index contributed by atoms with van der Waals surface area (Å²) < 4.78 is 5.64. The third kappa shape index (κ3) is 2.95.